The highest BCUT2D eigenvalue weighted by atomic mass is 35.7. The predicted octanol–water partition coefficient (Wildman–Crippen LogP) is 3.05. The number of ether oxygens (including phenoxy) is 2. The zero-order chi connectivity index (χ0) is 15.2. The van der Waals surface area contributed by atoms with Crippen LogP contribution in [0.25, 0.3) is 0 Å². The molecule has 0 amide bonds. The number of hydrogen-bond donors (Lipinski definition) is 0. The van der Waals surface area contributed by atoms with Crippen molar-refractivity contribution in [3.63, 3.8) is 0 Å². The number of rotatable bonds is 8. The van der Waals surface area contributed by atoms with Gasteiger partial charge < -0.3 is 9.47 Å². The predicted molar refractivity (Wildman–Crippen MR) is 81.5 cm³/mol. The summed E-state index contributed by atoms with van der Waals surface area (Å²) in [6, 6.07) is 0. The van der Waals surface area contributed by atoms with E-state index in [0.717, 1.165) is 12.3 Å². The minimum atomic E-state index is -3.45. The lowest BCUT2D eigenvalue weighted by Crippen LogP contribution is -2.35. The quantitative estimate of drug-likeness (QED) is 0.508. The molecule has 0 aliphatic heterocycles. The molecule has 1 rings (SSSR count). The van der Waals surface area contributed by atoms with Gasteiger partial charge in [-0.05, 0) is 30.6 Å². The van der Waals surface area contributed by atoms with Crippen LogP contribution in [0.2, 0.25) is 0 Å². The average molecular weight is 327 g/mol. The molecule has 3 unspecified atom stereocenters. The Morgan fingerprint density at radius 1 is 1.20 bits per heavy atom. The van der Waals surface area contributed by atoms with E-state index in [4.69, 9.17) is 20.2 Å². The average Bonchev–Trinajstić information content (AvgIpc) is 2.32. The van der Waals surface area contributed by atoms with Gasteiger partial charge in [-0.25, -0.2) is 8.42 Å². The molecule has 0 aromatic heterocycles. The first-order valence-corrected chi connectivity index (χ1v) is 9.89. The van der Waals surface area contributed by atoms with Crippen LogP contribution in [-0.4, -0.2) is 40.1 Å². The molecule has 0 N–H and O–H groups in total. The maximum absolute atomic E-state index is 10.7. The van der Waals surface area contributed by atoms with Crippen molar-refractivity contribution in [2.75, 3.05) is 25.6 Å². The Labute approximate surface area is 127 Å². The Morgan fingerprint density at radius 2 is 1.90 bits per heavy atom. The van der Waals surface area contributed by atoms with E-state index in [1.807, 2.05) is 0 Å². The van der Waals surface area contributed by atoms with Crippen LogP contribution in [-0.2, 0) is 18.5 Å². The van der Waals surface area contributed by atoms with E-state index < -0.39 is 9.05 Å². The summed E-state index contributed by atoms with van der Waals surface area (Å²) in [4.78, 5) is 0. The normalized spacial score (nSPS) is 27.9. The first-order chi connectivity index (χ1) is 9.29. The van der Waals surface area contributed by atoms with Gasteiger partial charge in [0.05, 0.1) is 31.7 Å². The third-order valence-electron chi connectivity index (χ3n) is 3.99. The highest BCUT2D eigenvalue weighted by Crippen LogP contribution is 2.35. The van der Waals surface area contributed by atoms with Crippen molar-refractivity contribution < 1.29 is 17.9 Å². The zero-order valence-electron chi connectivity index (χ0n) is 12.7. The van der Waals surface area contributed by atoms with Crippen LogP contribution >= 0.6 is 10.7 Å². The van der Waals surface area contributed by atoms with Crippen LogP contribution in [0.3, 0.4) is 0 Å². The molecule has 0 bridgehead atoms. The summed E-state index contributed by atoms with van der Waals surface area (Å²) in [7, 11) is 1.65. The van der Waals surface area contributed by atoms with Gasteiger partial charge in [-0.1, -0.05) is 27.2 Å². The molecule has 4 nitrogen and oxygen atoms in total. The van der Waals surface area contributed by atoms with Gasteiger partial charge in [0.1, 0.15) is 0 Å². The highest BCUT2D eigenvalue weighted by molar-refractivity contribution is 8.13. The first-order valence-electron chi connectivity index (χ1n) is 7.41. The molecule has 0 saturated heterocycles. The van der Waals surface area contributed by atoms with Gasteiger partial charge in [0, 0.05) is 10.7 Å². The Hall–Kier alpha value is 0.160. The molecule has 3 atom stereocenters. The van der Waals surface area contributed by atoms with E-state index in [0.29, 0.717) is 31.2 Å². The fourth-order valence-corrected chi connectivity index (χ4v) is 3.33. The molecule has 0 aromatic rings. The topological polar surface area (TPSA) is 52.6 Å². The summed E-state index contributed by atoms with van der Waals surface area (Å²) >= 11 is 0. The van der Waals surface area contributed by atoms with E-state index in [9.17, 15) is 8.42 Å². The van der Waals surface area contributed by atoms with Gasteiger partial charge >= 0.3 is 0 Å². The van der Waals surface area contributed by atoms with Crippen molar-refractivity contribution in [2.45, 2.75) is 46.1 Å². The summed E-state index contributed by atoms with van der Waals surface area (Å²) in [5.74, 6) is 1.82. The molecule has 0 spiro atoms. The van der Waals surface area contributed by atoms with Gasteiger partial charge in [-0.3, -0.25) is 0 Å². The fourth-order valence-electron chi connectivity index (χ4n) is 2.83. The minimum absolute atomic E-state index is 0.129. The van der Waals surface area contributed by atoms with E-state index in [1.54, 1.807) is 0 Å². The molecular weight excluding hydrogens is 300 g/mol. The van der Waals surface area contributed by atoms with Crippen molar-refractivity contribution in [3.8, 4) is 0 Å². The van der Waals surface area contributed by atoms with Crippen LogP contribution in [0.15, 0.2) is 0 Å². The van der Waals surface area contributed by atoms with Gasteiger partial charge in [0.15, 0.2) is 0 Å². The van der Waals surface area contributed by atoms with Crippen LogP contribution < -0.4 is 0 Å². The molecule has 0 heterocycles. The molecule has 6 heteroatoms. The van der Waals surface area contributed by atoms with E-state index in [1.165, 1.54) is 12.8 Å². The minimum Gasteiger partial charge on any atom is -0.378 e. The molecule has 20 heavy (non-hydrogen) atoms. The smallest absolute Gasteiger partial charge is 0.234 e. The lowest BCUT2D eigenvalue weighted by atomic mass is 9.75. The molecule has 1 aliphatic carbocycles. The molecule has 1 aliphatic rings. The number of halogens is 1. The van der Waals surface area contributed by atoms with Gasteiger partial charge in [-0.15, -0.1) is 0 Å². The third-order valence-corrected chi connectivity index (χ3v) is 5.11. The van der Waals surface area contributed by atoms with Crippen LogP contribution in [0.5, 0.6) is 0 Å². The van der Waals surface area contributed by atoms with Crippen molar-refractivity contribution >= 4 is 19.7 Å². The first kappa shape index (κ1) is 18.2. The largest absolute Gasteiger partial charge is 0.378 e. The Bertz CT molecular complexity index is 369. The van der Waals surface area contributed by atoms with Crippen molar-refractivity contribution in [3.05, 3.63) is 0 Å². The lowest BCUT2D eigenvalue weighted by molar-refractivity contribution is -0.0569. The van der Waals surface area contributed by atoms with Gasteiger partial charge in [0.25, 0.3) is 0 Å². The van der Waals surface area contributed by atoms with E-state index in [-0.39, 0.29) is 12.4 Å². The second-order valence-corrected chi connectivity index (χ2v) is 8.99. The second-order valence-electron chi connectivity index (χ2n) is 6.09. The van der Waals surface area contributed by atoms with Crippen molar-refractivity contribution in [1.29, 1.82) is 0 Å². The fraction of sp³-hybridized carbons (Fsp3) is 1.00. The third kappa shape index (κ3) is 7.25. The summed E-state index contributed by atoms with van der Waals surface area (Å²) in [6.07, 6.45) is 3.93. The van der Waals surface area contributed by atoms with E-state index in [2.05, 4.69) is 20.8 Å². The summed E-state index contributed by atoms with van der Waals surface area (Å²) in [5, 5.41) is 0. The highest BCUT2D eigenvalue weighted by Gasteiger charge is 2.31. The zero-order valence-corrected chi connectivity index (χ0v) is 14.3. The monoisotopic (exact) mass is 326 g/mol. The van der Waals surface area contributed by atoms with Crippen LogP contribution in [0.4, 0.5) is 0 Å². The number of hydrogen-bond acceptors (Lipinski definition) is 4. The standard InChI is InChI=1S/C14H27ClO4S/c1-11(2)13-5-4-12(3)10-14(13)19-7-6-18-8-9-20(15,16)17/h11-14H,4-10H2,1-3H3. The lowest BCUT2D eigenvalue weighted by Gasteiger charge is -2.37. The SMILES string of the molecule is CC1CCC(C(C)C)C(OCCOCCS(=O)(=O)Cl)C1. The summed E-state index contributed by atoms with van der Waals surface area (Å²) < 4.78 is 32.6. The van der Waals surface area contributed by atoms with Crippen LogP contribution in [0, 0.1) is 17.8 Å². The van der Waals surface area contributed by atoms with Crippen molar-refractivity contribution in [1.82, 2.24) is 0 Å². The summed E-state index contributed by atoms with van der Waals surface area (Å²) in [5.41, 5.74) is 0. The maximum atomic E-state index is 10.7. The molecule has 1 saturated carbocycles. The van der Waals surface area contributed by atoms with E-state index >= 15 is 0 Å². The Morgan fingerprint density at radius 3 is 2.50 bits per heavy atom. The van der Waals surface area contributed by atoms with Gasteiger partial charge in [-0.2, -0.15) is 0 Å². The Kier molecular flexibility index (Phi) is 7.80. The second kappa shape index (κ2) is 8.57. The summed E-state index contributed by atoms with van der Waals surface area (Å²) in [6.45, 7) is 7.83. The molecule has 0 aromatic carbocycles. The molecule has 120 valence electrons. The Balaban J connectivity index is 2.21. The maximum Gasteiger partial charge on any atom is 0.234 e. The molecule has 0 radical (unpaired) electrons. The van der Waals surface area contributed by atoms with Crippen molar-refractivity contribution in [2.24, 2.45) is 17.8 Å². The van der Waals surface area contributed by atoms with Gasteiger partial charge in [0.2, 0.25) is 9.05 Å². The van der Waals surface area contributed by atoms with Crippen LogP contribution in [0.1, 0.15) is 40.0 Å². The molecule has 1 fully saturated rings. The molecular formula is C14H27ClO4S.